The Labute approximate surface area is 206 Å². The molecule has 0 unspecified atom stereocenters. The summed E-state index contributed by atoms with van der Waals surface area (Å²) in [6.45, 7) is 5.53. The van der Waals surface area contributed by atoms with Crippen LogP contribution in [0.15, 0.2) is 109 Å². The molecule has 5 aromatic rings. The lowest BCUT2D eigenvalue weighted by molar-refractivity contribution is 0.318. The summed E-state index contributed by atoms with van der Waals surface area (Å²) in [5, 5.41) is 8.58. The first-order valence-corrected chi connectivity index (χ1v) is 12.1. The molecule has 1 aromatic heterocycles. The second-order valence-electron chi connectivity index (χ2n) is 8.23. The van der Waals surface area contributed by atoms with E-state index in [1.165, 1.54) is 0 Å². The summed E-state index contributed by atoms with van der Waals surface area (Å²) < 4.78 is 8.28. The summed E-state index contributed by atoms with van der Waals surface area (Å²) in [4.78, 5) is 0. The first-order chi connectivity index (χ1) is 17.3. The zero-order valence-corrected chi connectivity index (χ0v) is 20.1. The fourth-order valence-corrected chi connectivity index (χ4v) is 4.40. The summed E-state index contributed by atoms with van der Waals surface area (Å²) in [6, 6.07) is 37.5. The van der Waals surface area contributed by atoms with Gasteiger partial charge in [0.05, 0.1) is 17.9 Å². The monoisotopic (exact) mass is 459 g/mol. The molecule has 0 aliphatic heterocycles. The minimum Gasteiger partial charge on any atom is -0.477 e. The third-order valence-corrected chi connectivity index (χ3v) is 5.92. The van der Waals surface area contributed by atoms with Crippen LogP contribution in [0, 0.1) is 0 Å². The summed E-state index contributed by atoms with van der Waals surface area (Å²) in [7, 11) is 0. The Morgan fingerprint density at radius 2 is 1.37 bits per heavy atom. The number of rotatable bonds is 8. The van der Waals surface area contributed by atoms with Gasteiger partial charge in [0.25, 0.3) is 0 Å². The predicted molar refractivity (Wildman–Crippen MR) is 145 cm³/mol. The number of anilines is 1. The maximum atomic E-state index is 6.32. The van der Waals surface area contributed by atoms with Crippen molar-refractivity contribution in [2.75, 3.05) is 18.5 Å². The molecule has 35 heavy (non-hydrogen) atoms. The van der Waals surface area contributed by atoms with Crippen molar-refractivity contribution in [3.8, 4) is 45.1 Å². The van der Waals surface area contributed by atoms with E-state index < -0.39 is 0 Å². The van der Waals surface area contributed by atoms with Gasteiger partial charge in [-0.25, -0.2) is 0 Å². The average Bonchev–Trinajstić information content (AvgIpc) is 3.29. The van der Waals surface area contributed by atoms with E-state index in [4.69, 9.17) is 9.84 Å². The molecule has 0 aliphatic carbocycles. The van der Waals surface area contributed by atoms with Gasteiger partial charge in [0, 0.05) is 23.4 Å². The molecule has 0 radical (unpaired) electrons. The molecular formula is C31H29N3O. The van der Waals surface area contributed by atoms with Gasteiger partial charge in [-0.05, 0) is 43.2 Å². The van der Waals surface area contributed by atoms with Crippen molar-refractivity contribution in [2.45, 2.75) is 13.8 Å². The van der Waals surface area contributed by atoms with Crippen molar-refractivity contribution in [3.63, 3.8) is 0 Å². The molecule has 174 valence electrons. The molecule has 0 spiro atoms. The lowest BCUT2D eigenvalue weighted by Gasteiger charge is -2.15. The average molecular weight is 460 g/mol. The van der Waals surface area contributed by atoms with E-state index >= 15 is 0 Å². The quantitative estimate of drug-likeness (QED) is 0.258. The van der Waals surface area contributed by atoms with Crippen LogP contribution in [0.3, 0.4) is 0 Å². The summed E-state index contributed by atoms with van der Waals surface area (Å²) in [5.41, 5.74) is 8.32. The summed E-state index contributed by atoms with van der Waals surface area (Å²) in [5.74, 6) is 0.743. The number of hydrogen-bond donors (Lipinski definition) is 1. The summed E-state index contributed by atoms with van der Waals surface area (Å²) >= 11 is 0. The number of ether oxygens (including phenoxy) is 1. The van der Waals surface area contributed by atoms with E-state index in [0.29, 0.717) is 6.61 Å². The molecule has 1 heterocycles. The SMILES string of the molecule is CCNc1cccc(-c2ccccc2-n2nc(-c3ccccc3)c(-c3ccccc3)c2OCC)c1. The molecule has 0 bridgehead atoms. The van der Waals surface area contributed by atoms with Gasteiger partial charge >= 0.3 is 0 Å². The van der Waals surface area contributed by atoms with Crippen LogP contribution in [-0.4, -0.2) is 22.9 Å². The summed E-state index contributed by atoms with van der Waals surface area (Å²) in [6.07, 6.45) is 0. The van der Waals surface area contributed by atoms with Gasteiger partial charge in [-0.1, -0.05) is 91.0 Å². The van der Waals surface area contributed by atoms with Gasteiger partial charge in [0.1, 0.15) is 5.69 Å². The molecule has 0 atom stereocenters. The van der Waals surface area contributed by atoms with E-state index in [-0.39, 0.29) is 0 Å². The third kappa shape index (κ3) is 4.56. The zero-order valence-electron chi connectivity index (χ0n) is 20.1. The van der Waals surface area contributed by atoms with Crippen LogP contribution in [0.2, 0.25) is 0 Å². The highest BCUT2D eigenvalue weighted by Crippen LogP contribution is 2.42. The van der Waals surface area contributed by atoms with Gasteiger partial charge in [0.15, 0.2) is 0 Å². The minimum atomic E-state index is 0.540. The number of hydrogen-bond acceptors (Lipinski definition) is 3. The number of benzene rings is 4. The van der Waals surface area contributed by atoms with Crippen molar-refractivity contribution in [1.29, 1.82) is 0 Å². The molecule has 4 nitrogen and oxygen atoms in total. The van der Waals surface area contributed by atoms with Crippen molar-refractivity contribution in [1.82, 2.24) is 9.78 Å². The lowest BCUT2D eigenvalue weighted by Crippen LogP contribution is -2.05. The fraction of sp³-hybridized carbons (Fsp3) is 0.129. The van der Waals surface area contributed by atoms with Gasteiger partial charge in [-0.15, -0.1) is 0 Å². The molecule has 4 heteroatoms. The first kappa shape index (κ1) is 22.5. The Morgan fingerprint density at radius 1 is 0.714 bits per heavy atom. The second-order valence-corrected chi connectivity index (χ2v) is 8.23. The third-order valence-electron chi connectivity index (χ3n) is 5.92. The Balaban J connectivity index is 1.77. The molecule has 5 rings (SSSR count). The van der Waals surface area contributed by atoms with Gasteiger partial charge in [-0.3, -0.25) is 0 Å². The molecule has 0 fully saturated rings. The van der Waals surface area contributed by atoms with Crippen molar-refractivity contribution >= 4 is 5.69 Å². The van der Waals surface area contributed by atoms with E-state index in [1.54, 1.807) is 0 Å². The maximum Gasteiger partial charge on any atom is 0.225 e. The normalized spacial score (nSPS) is 10.8. The molecule has 0 aliphatic rings. The van der Waals surface area contributed by atoms with Crippen LogP contribution >= 0.6 is 0 Å². The molecule has 0 saturated carbocycles. The molecule has 4 aromatic carbocycles. The van der Waals surface area contributed by atoms with Crippen LogP contribution in [0.4, 0.5) is 5.69 Å². The zero-order chi connectivity index (χ0) is 24.0. The molecule has 0 amide bonds. The minimum absolute atomic E-state index is 0.540. The van der Waals surface area contributed by atoms with Crippen LogP contribution in [-0.2, 0) is 0 Å². The number of aromatic nitrogens is 2. The van der Waals surface area contributed by atoms with Crippen LogP contribution in [0.5, 0.6) is 5.88 Å². The van der Waals surface area contributed by atoms with Gasteiger partial charge < -0.3 is 10.1 Å². The number of para-hydroxylation sites is 1. The number of nitrogens with zero attached hydrogens (tertiary/aromatic N) is 2. The number of nitrogens with one attached hydrogen (secondary N) is 1. The largest absolute Gasteiger partial charge is 0.477 e. The van der Waals surface area contributed by atoms with Crippen molar-refractivity contribution in [2.24, 2.45) is 0 Å². The first-order valence-electron chi connectivity index (χ1n) is 12.1. The Morgan fingerprint density at radius 3 is 2.09 bits per heavy atom. The highest BCUT2D eigenvalue weighted by atomic mass is 16.5. The fourth-order valence-electron chi connectivity index (χ4n) is 4.40. The van der Waals surface area contributed by atoms with Gasteiger partial charge in [0.2, 0.25) is 5.88 Å². The Kier molecular flexibility index (Phi) is 6.62. The highest BCUT2D eigenvalue weighted by molar-refractivity contribution is 5.86. The van der Waals surface area contributed by atoms with E-state index in [0.717, 1.165) is 57.3 Å². The molecule has 1 N–H and O–H groups in total. The van der Waals surface area contributed by atoms with E-state index in [9.17, 15) is 0 Å². The lowest BCUT2D eigenvalue weighted by atomic mass is 10.0. The molecule has 0 saturated heterocycles. The Hall–Kier alpha value is -4.31. The predicted octanol–water partition coefficient (Wildman–Crippen LogP) is 7.70. The van der Waals surface area contributed by atoms with E-state index in [1.807, 2.05) is 35.9 Å². The van der Waals surface area contributed by atoms with Crippen LogP contribution in [0.1, 0.15) is 13.8 Å². The van der Waals surface area contributed by atoms with Crippen LogP contribution in [0.25, 0.3) is 39.2 Å². The van der Waals surface area contributed by atoms with Gasteiger partial charge in [-0.2, -0.15) is 9.78 Å². The smallest absolute Gasteiger partial charge is 0.225 e. The van der Waals surface area contributed by atoms with Crippen LogP contribution < -0.4 is 10.1 Å². The topological polar surface area (TPSA) is 39.1 Å². The Bertz CT molecular complexity index is 1410. The highest BCUT2D eigenvalue weighted by Gasteiger charge is 2.24. The van der Waals surface area contributed by atoms with Crippen molar-refractivity contribution in [3.05, 3.63) is 109 Å². The van der Waals surface area contributed by atoms with Crippen molar-refractivity contribution < 1.29 is 4.74 Å². The molecular weight excluding hydrogens is 430 g/mol. The second kappa shape index (κ2) is 10.3. The standard InChI is InChI=1S/C31H29N3O/c1-3-32-26-19-13-18-25(22-26)27-20-11-12-21-28(27)34-31(35-4-2)29(23-14-7-5-8-15-23)30(33-34)24-16-9-6-10-17-24/h5-22,32H,3-4H2,1-2H3. The maximum absolute atomic E-state index is 6.32. The van der Waals surface area contributed by atoms with E-state index in [2.05, 4.69) is 97.2 Å².